The number of nitrogens with one attached hydrogen (secondary N) is 1. The Hall–Kier alpha value is -2.85. The molecule has 0 unspecified atom stereocenters. The van der Waals surface area contributed by atoms with Crippen molar-refractivity contribution in [3.8, 4) is 0 Å². The Kier molecular flexibility index (Phi) is 7.92. The van der Waals surface area contributed by atoms with Crippen LogP contribution < -0.4 is 5.43 Å². The normalized spacial score (nSPS) is 11.8. The van der Waals surface area contributed by atoms with E-state index >= 15 is 0 Å². The second-order valence-electron chi connectivity index (χ2n) is 6.51. The fourth-order valence-electron chi connectivity index (χ4n) is 2.67. The van der Waals surface area contributed by atoms with Gasteiger partial charge in [-0.2, -0.15) is 9.41 Å². The third kappa shape index (κ3) is 6.10. The molecule has 0 fully saturated rings. The molecule has 0 atom stereocenters. The number of rotatable bonds is 8. The molecule has 3 aromatic rings. The van der Waals surface area contributed by atoms with Crippen LogP contribution in [0.4, 0.5) is 4.39 Å². The van der Waals surface area contributed by atoms with E-state index in [-0.39, 0.29) is 15.5 Å². The monoisotopic (exact) mass is 494 g/mol. The SMILES string of the molecule is O=C(CN(Cc1c(F)cccc1Cl)S(=O)(=O)c1ccc(Cl)cc1)N/N=C\c1cccnc1. The zero-order chi connectivity index (χ0) is 23.1. The first kappa shape index (κ1) is 23.8. The van der Waals surface area contributed by atoms with E-state index in [4.69, 9.17) is 23.2 Å². The van der Waals surface area contributed by atoms with Crippen LogP contribution in [0.1, 0.15) is 11.1 Å². The molecule has 1 amide bonds. The lowest BCUT2D eigenvalue weighted by atomic mass is 10.2. The molecule has 2 aromatic carbocycles. The summed E-state index contributed by atoms with van der Waals surface area (Å²) in [5, 5.41) is 4.18. The predicted octanol–water partition coefficient (Wildman–Crippen LogP) is 3.87. The largest absolute Gasteiger partial charge is 0.272 e. The average Bonchev–Trinajstić information content (AvgIpc) is 2.76. The molecule has 0 aliphatic carbocycles. The number of carbonyl (C=O) groups is 1. The Labute approximate surface area is 194 Å². The number of aromatic nitrogens is 1. The molecule has 166 valence electrons. The van der Waals surface area contributed by atoms with Crippen molar-refractivity contribution in [1.29, 1.82) is 0 Å². The zero-order valence-corrected chi connectivity index (χ0v) is 18.8. The Morgan fingerprint density at radius 2 is 1.88 bits per heavy atom. The molecule has 1 N–H and O–H groups in total. The second-order valence-corrected chi connectivity index (χ2v) is 9.29. The van der Waals surface area contributed by atoms with Gasteiger partial charge in [0.2, 0.25) is 10.0 Å². The number of halogens is 3. The highest BCUT2D eigenvalue weighted by Gasteiger charge is 2.28. The third-order valence-corrected chi connectivity index (χ3v) is 6.67. The van der Waals surface area contributed by atoms with Gasteiger partial charge >= 0.3 is 0 Å². The summed E-state index contributed by atoms with van der Waals surface area (Å²) in [5.74, 6) is -1.42. The van der Waals surface area contributed by atoms with E-state index in [9.17, 15) is 17.6 Å². The lowest BCUT2D eigenvalue weighted by molar-refractivity contribution is -0.121. The molecular weight excluding hydrogens is 478 g/mol. The van der Waals surface area contributed by atoms with Crippen molar-refractivity contribution in [3.63, 3.8) is 0 Å². The van der Waals surface area contributed by atoms with Crippen molar-refractivity contribution < 1.29 is 17.6 Å². The highest BCUT2D eigenvalue weighted by atomic mass is 35.5. The van der Waals surface area contributed by atoms with Crippen molar-refractivity contribution in [2.24, 2.45) is 5.10 Å². The summed E-state index contributed by atoms with van der Waals surface area (Å²) in [7, 11) is -4.20. The summed E-state index contributed by atoms with van der Waals surface area (Å²) >= 11 is 11.9. The van der Waals surface area contributed by atoms with E-state index in [2.05, 4.69) is 15.5 Å². The van der Waals surface area contributed by atoms with Crippen LogP contribution in [-0.2, 0) is 21.4 Å². The van der Waals surface area contributed by atoms with E-state index in [1.54, 1.807) is 18.3 Å². The fourth-order valence-corrected chi connectivity index (χ4v) is 4.38. The molecule has 0 aliphatic rings. The maximum atomic E-state index is 14.3. The van der Waals surface area contributed by atoms with Crippen molar-refractivity contribution in [2.45, 2.75) is 11.4 Å². The molecule has 0 aliphatic heterocycles. The minimum atomic E-state index is -4.20. The van der Waals surface area contributed by atoms with Crippen molar-refractivity contribution in [3.05, 3.63) is 94.0 Å². The quantitative estimate of drug-likeness (QED) is 0.380. The van der Waals surface area contributed by atoms with Gasteiger partial charge in [0.25, 0.3) is 5.91 Å². The molecular formula is C21H17Cl2FN4O3S. The van der Waals surface area contributed by atoms with Crippen molar-refractivity contribution in [2.75, 3.05) is 6.54 Å². The number of carbonyl (C=O) groups excluding carboxylic acids is 1. The van der Waals surface area contributed by atoms with Gasteiger partial charge in [-0.3, -0.25) is 9.78 Å². The van der Waals surface area contributed by atoms with Crippen LogP contribution in [0.25, 0.3) is 0 Å². The van der Waals surface area contributed by atoms with Crippen molar-refractivity contribution >= 4 is 45.3 Å². The minimum Gasteiger partial charge on any atom is -0.272 e. The van der Waals surface area contributed by atoms with Crippen LogP contribution in [0.15, 0.2) is 77.0 Å². The molecule has 1 aromatic heterocycles. The molecule has 3 rings (SSSR count). The number of hydrogen-bond donors (Lipinski definition) is 1. The standard InChI is InChI=1S/C21H17Cl2FN4O3S/c22-16-6-8-17(9-7-16)32(30,31)28(13-18-19(23)4-1-5-20(18)24)14-21(29)27-26-12-15-3-2-10-25-11-15/h1-12H,13-14H2,(H,27,29)/b26-12-. The van der Waals surface area contributed by atoms with E-state index < -0.39 is 34.8 Å². The Morgan fingerprint density at radius 1 is 1.12 bits per heavy atom. The minimum absolute atomic E-state index is 0.0383. The first-order valence-corrected chi connectivity index (χ1v) is 11.4. The van der Waals surface area contributed by atoms with Crippen LogP contribution in [0, 0.1) is 5.82 Å². The summed E-state index contributed by atoms with van der Waals surface area (Å²) in [6.45, 7) is -1.09. The average molecular weight is 495 g/mol. The number of hydrazone groups is 1. The van der Waals surface area contributed by atoms with Crippen LogP contribution in [0.5, 0.6) is 0 Å². The summed E-state index contributed by atoms with van der Waals surface area (Å²) in [4.78, 5) is 16.2. The number of nitrogens with zero attached hydrogens (tertiary/aromatic N) is 3. The molecule has 0 spiro atoms. The highest BCUT2D eigenvalue weighted by Crippen LogP contribution is 2.25. The fraction of sp³-hybridized carbons (Fsp3) is 0.0952. The van der Waals surface area contributed by atoms with E-state index in [0.717, 1.165) is 10.4 Å². The first-order valence-electron chi connectivity index (χ1n) is 9.18. The lowest BCUT2D eigenvalue weighted by Gasteiger charge is -2.22. The van der Waals surface area contributed by atoms with Crippen LogP contribution in [0.2, 0.25) is 10.0 Å². The van der Waals surface area contributed by atoms with Crippen molar-refractivity contribution in [1.82, 2.24) is 14.7 Å². The van der Waals surface area contributed by atoms with Crippen LogP contribution >= 0.6 is 23.2 Å². The van der Waals surface area contributed by atoms with Gasteiger partial charge in [0.05, 0.1) is 17.7 Å². The summed E-state index contributed by atoms with van der Waals surface area (Å²) < 4.78 is 41.5. The number of pyridine rings is 1. The molecule has 0 saturated carbocycles. The summed E-state index contributed by atoms with van der Waals surface area (Å²) in [6, 6.07) is 12.8. The maximum Gasteiger partial charge on any atom is 0.255 e. The lowest BCUT2D eigenvalue weighted by Crippen LogP contribution is -2.39. The Bertz CT molecular complexity index is 1200. The molecule has 11 heteroatoms. The zero-order valence-electron chi connectivity index (χ0n) is 16.5. The number of hydrogen-bond acceptors (Lipinski definition) is 5. The Morgan fingerprint density at radius 3 is 2.53 bits per heavy atom. The van der Waals surface area contributed by atoms with E-state index in [0.29, 0.717) is 10.6 Å². The van der Waals surface area contributed by atoms with Crippen LogP contribution in [-0.4, -0.2) is 36.4 Å². The Balaban J connectivity index is 1.85. The number of sulfonamides is 1. The van der Waals surface area contributed by atoms with Gasteiger partial charge in [0.1, 0.15) is 5.82 Å². The van der Waals surface area contributed by atoms with Gasteiger partial charge in [-0.05, 0) is 42.5 Å². The van der Waals surface area contributed by atoms with E-state index in [1.165, 1.54) is 48.8 Å². The van der Waals surface area contributed by atoms with Gasteiger partial charge < -0.3 is 0 Å². The summed E-state index contributed by atoms with van der Waals surface area (Å²) in [6.07, 6.45) is 4.48. The topological polar surface area (TPSA) is 91.7 Å². The van der Waals surface area contributed by atoms with Gasteiger partial charge in [-0.15, -0.1) is 0 Å². The molecule has 7 nitrogen and oxygen atoms in total. The summed E-state index contributed by atoms with van der Waals surface area (Å²) in [5.41, 5.74) is 2.84. The highest BCUT2D eigenvalue weighted by molar-refractivity contribution is 7.89. The van der Waals surface area contributed by atoms with Gasteiger partial charge in [0.15, 0.2) is 0 Å². The maximum absolute atomic E-state index is 14.3. The van der Waals surface area contributed by atoms with Gasteiger partial charge in [-0.1, -0.05) is 35.3 Å². The predicted molar refractivity (Wildman–Crippen MR) is 120 cm³/mol. The number of benzene rings is 2. The van der Waals surface area contributed by atoms with E-state index in [1.807, 2.05) is 0 Å². The number of amides is 1. The molecule has 1 heterocycles. The molecule has 32 heavy (non-hydrogen) atoms. The molecule has 0 radical (unpaired) electrons. The van der Waals surface area contributed by atoms with Gasteiger partial charge in [-0.25, -0.2) is 18.2 Å². The molecule has 0 bridgehead atoms. The molecule has 0 saturated heterocycles. The second kappa shape index (κ2) is 10.6. The van der Waals surface area contributed by atoms with Gasteiger partial charge in [0, 0.05) is 40.1 Å². The third-order valence-electron chi connectivity index (χ3n) is 4.25. The smallest absolute Gasteiger partial charge is 0.255 e. The van der Waals surface area contributed by atoms with Crippen LogP contribution in [0.3, 0.4) is 0 Å². The first-order chi connectivity index (χ1) is 15.3.